The summed E-state index contributed by atoms with van der Waals surface area (Å²) in [4.78, 5) is 12.0. The van der Waals surface area contributed by atoms with Crippen molar-refractivity contribution in [3.05, 3.63) is 12.2 Å². The lowest BCUT2D eigenvalue weighted by Crippen LogP contribution is -2.31. The first-order valence-corrected chi connectivity index (χ1v) is 9.25. The number of esters is 1. The van der Waals surface area contributed by atoms with Crippen molar-refractivity contribution in [3.63, 3.8) is 0 Å². The number of aliphatic hydroxyl groups excluding tert-OH is 1. The van der Waals surface area contributed by atoms with Crippen LogP contribution in [0.1, 0.15) is 64.7 Å². The minimum absolute atomic E-state index is 0.00295. The molecule has 0 amide bonds. The van der Waals surface area contributed by atoms with Gasteiger partial charge in [-0.3, -0.25) is 4.79 Å². The Morgan fingerprint density at radius 1 is 1.27 bits per heavy atom. The fourth-order valence-corrected chi connectivity index (χ4v) is 4.10. The number of rotatable bonds is 1. The topological polar surface area (TPSA) is 46.5 Å². The molecule has 4 heteroatoms. The third kappa shape index (κ3) is 4.73. The number of hydrogen-bond acceptors (Lipinski definition) is 3. The van der Waals surface area contributed by atoms with Gasteiger partial charge in [0, 0.05) is 18.3 Å². The van der Waals surface area contributed by atoms with E-state index < -0.39 is 6.10 Å². The van der Waals surface area contributed by atoms with E-state index in [-0.39, 0.29) is 29.3 Å². The SMILES string of the molecule is CC[C@@H]1OC(=O)CCCCCCC/C=C\[C@H]2[C@@H](O)[C@H](Cl)C[C@H]21. The molecule has 1 N–H and O–H groups in total. The first-order chi connectivity index (χ1) is 10.6. The maximum atomic E-state index is 12.0. The van der Waals surface area contributed by atoms with E-state index >= 15 is 0 Å². The van der Waals surface area contributed by atoms with Gasteiger partial charge in [0.15, 0.2) is 0 Å². The van der Waals surface area contributed by atoms with Crippen LogP contribution in [0.25, 0.3) is 0 Å². The van der Waals surface area contributed by atoms with Crippen LogP contribution in [0.5, 0.6) is 0 Å². The molecule has 2 rings (SSSR count). The van der Waals surface area contributed by atoms with Crippen LogP contribution in [-0.4, -0.2) is 28.7 Å². The second-order valence-electron chi connectivity index (χ2n) is 6.65. The fourth-order valence-electron chi connectivity index (χ4n) is 3.72. The van der Waals surface area contributed by atoms with E-state index in [1.807, 2.05) is 6.92 Å². The van der Waals surface area contributed by atoms with Crippen molar-refractivity contribution < 1.29 is 14.6 Å². The number of carbonyl (C=O) groups is 1. The molecule has 0 radical (unpaired) electrons. The number of alkyl halides is 1. The minimum Gasteiger partial charge on any atom is -0.462 e. The molecule has 0 spiro atoms. The van der Waals surface area contributed by atoms with Crippen LogP contribution in [0.2, 0.25) is 0 Å². The monoisotopic (exact) mass is 328 g/mol. The van der Waals surface area contributed by atoms with Gasteiger partial charge in [-0.15, -0.1) is 11.6 Å². The fraction of sp³-hybridized carbons (Fsp3) is 0.833. The van der Waals surface area contributed by atoms with Crippen molar-refractivity contribution in [2.75, 3.05) is 0 Å². The Labute approximate surface area is 139 Å². The van der Waals surface area contributed by atoms with Crippen molar-refractivity contribution in [3.8, 4) is 0 Å². The van der Waals surface area contributed by atoms with E-state index in [2.05, 4.69) is 12.2 Å². The number of aliphatic hydroxyl groups is 1. The number of halogens is 1. The van der Waals surface area contributed by atoms with E-state index in [9.17, 15) is 9.90 Å². The van der Waals surface area contributed by atoms with Gasteiger partial charge < -0.3 is 9.84 Å². The third-order valence-electron chi connectivity index (χ3n) is 5.03. The molecule has 0 aromatic heterocycles. The summed E-state index contributed by atoms with van der Waals surface area (Å²) in [5, 5.41) is 10.1. The summed E-state index contributed by atoms with van der Waals surface area (Å²) in [6, 6.07) is 0. The summed E-state index contributed by atoms with van der Waals surface area (Å²) in [7, 11) is 0. The van der Waals surface area contributed by atoms with Gasteiger partial charge in [0.1, 0.15) is 6.10 Å². The Morgan fingerprint density at radius 2 is 2.00 bits per heavy atom. The summed E-state index contributed by atoms with van der Waals surface area (Å²) in [6.45, 7) is 2.04. The zero-order valence-electron chi connectivity index (χ0n) is 13.5. The summed E-state index contributed by atoms with van der Waals surface area (Å²) in [5.74, 6) is 0.0352. The lowest BCUT2D eigenvalue weighted by Gasteiger charge is -2.27. The summed E-state index contributed by atoms with van der Waals surface area (Å²) >= 11 is 6.28. The van der Waals surface area contributed by atoms with Gasteiger partial charge in [-0.1, -0.05) is 38.3 Å². The Hall–Kier alpha value is -0.540. The number of fused-ring (bicyclic) bond motifs is 1. The largest absolute Gasteiger partial charge is 0.462 e. The van der Waals surface area contributed by atoms with Gasteiger partial charge >= 0.3 is 5.97 Å². The Balaban J connectivity index is 2.12. The Bertz CT molecular complexity index is 383. The average Bonchev–Trinajstić information content (AvgIpc) is 2.78. The predicted octanol–water partition coefficient (Wildman–Crippen LogP) is 4.21. The highest BCUT2D eigenvalue weighted by Gasteiger charge is 2.44. The van der Waals surface area contributed by atoms with Crippen molar-refractivity contribution in [1.82, 2.24) is 0 Å². The molecule has 1 aliphatic heterocycles. The van der Waals surface area contributed by atoms with Crippen molar-refractivity contribution in [2.24, 2.45) is 11.8 Å². The maximum absolute atomic E-state index is 12.0. The van der Waals surface area contributed by atoms with Crippen LogP contribution in [0.3, 0.4) is 0 Å². The smallest absolute Gasteiger partial charge is 0.306 e. The first-order valence-electron chi connectivity index (χ1n) is 8.81. The van der Waals surface area contributed by atoms with Crippen LogP contribution in [0, 0.1) is 11.8 Å². The molecular formula is C18H29ClO3. The quantitative estimate of drug-likeness (QED) is 0.445. The summed E-state index contributed by atoms with van der Waals surface area (Å²) in [6.07, 6.45) is 12.2. The zero-order chi connectivity index (χ0) is 15.9. The molecule has 1 aliphatic carbocycles. The number of hydrogen-bond donors (Lipinski definition) is 1. The molecule has 5 atom stereocenters. The van der Waals surface area contributed by atoms with Crippen molar-refractivity contribution in [2.45, 2.75) is 82.3 Å². The summed E-state index contributed by atoms with van der Waals surface area (Å²) < 4.78 is 5.71. The minimum atomic E-state index is -0.538. The van der Waals surface area contributed by atoms with E-state index in [1.54, 1.807) is 0 Å². The van der Waals surface area contributed by atoms with Crippen LogP contribution < -0.4 is 0 Å². The average molecular weight is 329 g/mol. The number of cyclic esters (lactones) is 1. The molecule has 0 bridgehead atoms. The molecule has 0 unspecified atom stereocenters. The van der Waals surface area contributed by atoms with Crippen LogP contribution >= 0.6 is 11.6 Å². The first kappa shape index (κ1) is 17.8. The van der Waals surface area contributed by atoms with Gasteiger partial charge in [0.2, 0.25) is 0 Å². The van der Waals surface area contributed by atoms with E-state index in [0.717, 1.165) is 25.7 Å². The third-order valence-corrected chi connectivity index (χ3v) is 5.47. The zero-order valence-corrected chi connectivity index (χ0v) is 14.3. The van der Waals surface area contributed by atoms with Gasteiger partial charge in [0.05, 0.1) is 11.5 Å². The molecule has 126 valence electrons. The van der Waals surface area contributed by atoms with Crippen LogP contribution in [0.15, 0.2) is 12.2 Å². The molecular weight excluding hydrogens is 300 g/mol. The Kier molecular flexibility index (Phi) is 7.23. The maximum Gasteiger partial charge on any atom is 0.306 e. The lowest BCUT2D eigenvalue weighted by atomic mass is 9.87. The van der Waals surface area contributed by atoms with Crippen molar-refractivity contribution >= 4 is 17.6 Å². The van der Waals surface area contributed by atoms with Gasteiger partial charge in [-0.25, -0.2) is 0 Å². The van der Waals surface area contributed by atoms with Gasteiger partial charge in [-0.2, -0.15) is 0 Å². The standard InChI is InChI=1S/C18H29ClO3/c1-2-16-14-12-15(19)18(21)13(14)10-8-6-4-3-5-7-9-11-17(20)22-16/h8,10,13-16,18,21H,2-7,9,11-12H2,1H3/b10-8-/t13-,14-,15-,16+,18-/m1/s1. The second kappa shape index (κ2) is 8.93. The normalized spacial score (nSPS) is 39.6. The molecule has 0 aromatic rings. The number of carbonyl (C=O) groups excluding carboxylic acids is 1. The molecule has 1 saturated carbocycles. The highest BCUT2D eigenvalue weighted by Crippen LogP contribution is 2.40. The molecule has 3 nitrogen and oxygen atoms in total. The molecule has 0 saturated heterocycles. The van der Waals surface area contributed by atoms with Crippen molar-refractivity contribution in [1.29, 1.82) is 0 Å². The van der Waals surface area contributed by atoms with E-state index in [1.165, 1.54) is 19.3 Å². The van der Waals surface area contributed by atoms with E-state index in [0.29, 0.717) is 12.8 Å². The lowest BCUT2D eigenvalue weighted by molar-refractivity contribution is -0.153. The van der Waals surface area contributed by atoms with Crippen LogP contribution in [-0.2, 0) is 9.53 Å². The van der Waals surface area contributed by atoms with Gasteiger partial charge in [0.25, 0.3) is 0 Å². The number of allylic oxidation sites excluding steroid dienone is 1. The highest BCUT2D eigenvalue weighted by molar-refractivity contribution is 6.21. The summed E-state index contributed by atoms with van der Waals surface area (Å²) in [5.41, 5.74) is 0. The molecule has 1 fully saturated rings. The van der Waals surface area contributed by atoms with Crippen LogP contribution in [0.4, 0.5) is 0 Å². The predicted molar refractivity (Wildman–Crippen MR) is 88.9 cm³/mol. The molecule has 22 heavy (non-hydrogen) atoms. The Morgan fingerprint density at radius 3 is 2.77 bits per heavy atom. The molecule has 2 aliphatic rings. The van der Waals surface area contributed by atoms with E-state index in [4.69, 9.17) is 16.3 Å². The van der Waals surface area contributed by atoms with Gasteiger partial charge in [-0.05, 0) is 32.1 Å². The molecule has 0 aromatic carbocycles. The molecule has 1 heterocycles. The number of ether oxygens (including phenoxy) is 1. The second-order valence-corrected chi connectivity index (χ2v) is 7.22. The highest BCUT2D eigenvalue weighted by atomic mass is 35.5.